The van der Waals surface area contributed by atoms with Crippen LogP contribution in [0.25, 0.3) is 0 Å². The van der Waals surface area contributed by atoms with E-state index in [2.05, 4.69) is 6.58 Å². The maximum Gasteiger partial charge on any atom is 0.0669 e. The van der Waals surface area contributed by atoms with Crippen molar-refractivity contribution in [3.8, 4) is 0 Å². The smallest absolute Gasteiger partial charge is 0.0669 e. The Morgan fingerprint density at radius 1 is 1.60 bits per heavy atom. The van der Waals surface area contributed by atoms with E-state index in [1.807, 2.05) is 25.1 Å². The van der Waals surface area contributed by atoms with Gasteiger partial charge in [0, 0.05) is 6.54 Å². The van der Waals surface area contributed by atoms with Gasteiger partial charge in [-0.15, -0.1) is 6.58 Å². The van der Waals surface area contributed by atoms with Gasteiger partial charge < -0.3 is 10.0 Å². The normalized spacial score (nSPS) is 13.6. The summed E-state index contributed by atoms with van der Waals surface area (Å²) in [5, 5.41) is 9.26. The number of likely N-dealkylation sites (N-methyl/N-ethyl adjacent to an activating group) is 1. The number of aliphatic hydroxyl groups excluding tert-OH is 1. The Morgan fingerprint density at radius 3 is 2.60 bits per heavy atom. The lowest BCUT2D eigenvalue weighted by atomic mass is 10.2. The van der Waals surface area contributed by atoms with Gasteiger partial charge in [0.1, 0.15) is 0 Å². The molecule has 1 atom stereocenters. The fourth-order valence-corrected chi connectivity index (χ4v) is 0.823. The number of allylic oxidation sites excluding steroid dienone is 1. The van der Waals surface area contributed by atoms with Crippen LogP contribution in [-0.2, 0) is 0 Å². The molecule has 0 saturated carbocycles. The summed E-state index contributed by atoms with van der Waals surface area (Å²) in [6.45, 7) is 4.33. The summed E-state index contributed by atoms with van der Waals surface area (Å²) in [6, 6.07) is 0. The zero-order valence-corrected chi connectivity index (χ0v) is 6.88. The highest BCUT2D eigenvalue weighted by molar-refractivity contribution is 4.69. The molecule has 0 radical (unpaired) electrons. The van der Waals surface area contributed by atoms with Crippen molar-refractivity contribution in [2.75, 3.05) is 20.6 Å². The molecule has 0 aromatic carbocycles. The van der Waals surface area contributed by atoms with Crippen molar-refractivity contribution in [3.63, 3.8) is 0 Å². The molecule has 1 N–H and O–H groups in total. The second-order valence-corrected chi connectivity index (χ2v) is 2.78. The van der Waals surface area contributed by atoms with Crippen LogP contribution in [-0.4, -0.2) is 36.8 Å². The Labute approximate surface area is 63.2 Å². The van der Waals surface area contributed by atoms with Gasteiger partial charge in [0.15, 0.2) is 0 Å². The summed E-state index contributed by atoms with van der Waals surface area (Å²) >= 11 is 0. The third-order valence-corrected chi connectivity index (χ3v) is 1.28. The standard InChI is InChI=1S/C8H17NO/c1-4-5-6-8(10)7-9(2)3/h4,8,10H,1,5-7H2,2-3H3. The van der Waals surface area contributed by atoms with Gasteiger partial charge in [0.05, 0.1) is 6.10 Å². The minimum atomic E-state index is -0.201. The van der Waals surface area contributed by atoms with E-state index in [9.17, 15) is 5.11 Å². The average molecular weight is 143 g/mol. The first kappa shape index (κ1) is 9.66. The zero-order valence-electron chi connectivity index (χ0n) is 6.88. The number of nitrogens with zero attached hydrogens (tertiary/aromatic N) is 1. The molecule has 0 aliphatic carbocycles. The lowest BCUT2D eigenvalue weighted by molar-refractivity contribution is 0.129. The van der Waals surface area contributed by atoms with E-state index in [1.54, 1.807) is 0 Å². The van der Waals surface area contributed by atoms with Crippen molar-refractivity contribution in [1.82, 2.24) is 4.90 Å². The Bertz CT molecular complexity index is 91.3. The van der Waals surface area contributed by atoms with Gasteiger partial charge in [-0.25, -0.2) is 0 Å². The molecule has 0 aliphatic heterocycles. The SMILES string of the molecule is C=CCCC(O)CN(C)C. The molecule has 0 heterocycles. The molecule has 0 aliphatic rings. The third-order valence-electron chi connectivity index (χ3n) is 1.28. The Kier molecular flexibility index (Phi) is 5.26. The average Bonchev–Trinajstić information content (AvgIpc) is 1.82. The summed E-state index contributed by atoms with van der Waals surface area (Å²) < 4.78 is 0. The lowest BCUT2D eigenvalue weighted by Crippen LogP contribution is -2.25. The molecule has 0 fully saturated rings. The molecule has 60 valence electrons. The molecule has 0 amide bonds. The fourth-order valence-electron chi connectivity index (χ4n) is 0.823. The van der Waals surface area contributed by atoms with E-state index in [1.165, 1.54) is 0 Å². The number of rotatable bonds is 5. The van der Waals surface area contributed by atoms with Gasteiger partial charge in [-0.2, -0.15) is 0 Å². The zero-order chi connectivity index (χ0) is 7.98. The first-order chi connectivity index (χ1) is 4.66. The molecular formula is C8H17NO. The first-order valence-corrected chi connectivity index (χ1v) is 3.60. The highest BCUT2D eigenvalue weighted by atomic mass is 16.3. The molecule has 0 saturated heterocycles. The summed E-state index contributed by atoms with van der Waals surface area (Å²) in [7, 11) is 3.91. The Hall–Kier alpha value is -0.340. The van der Waals surface area contributed by atoms with Crippen molar-refractivity contribution in [2.24, 2.45) is 0 Å². The summed E-state index contributed by atoms with van der Waals surface area (Å²) in [5.41, 5.74) is 0. The van der Waals surface area contributed by atoms with Crippen LogP contribution in [0, 0.1) is 0 Å². The highest BCUT2D eigenvalue weighted by Gasteiger charge is 2.02. The van der Waals surface area contributed by atoms with Gasteiger partial charge in [-0.1, -0.05) is 6.08 Å². The minimum absolute atomic E-state index is 0.201. The Morgan fingerprint density at radius 2 is 2.20 bits per heavy atom. The molecule has 2 nitrogen and oxygen atoms in total. The number of hydrogen-bond donors (Lipinski definition) is 1. The van der Waals surface area contributed by atoms with E-state index in [4.69, 9.17) is 0 Å². The van der Waals surface area contributed by atoms with Crippen molar-refractivity contribution in [3.05, 3.63) is 12.7 Å². The lowest BCUT2D eigenvalue weighted by Gasteiger charge is -2.14. The molecular weight excluding hydrogens is 126 g/mol. The molecule has 0 rings (SSSR count). The summed E-state index contributed by atoms with van der Waals surface area (Å²) in [5.74, 6) is 0. The van der Waals surface area contributed by atoms with Crippen molar-refractivity contribution in [2.45, 2.75) is 18.9 Å². The largest absolute Gasteiger partial charge is 0.392 e. The van der Waals surface area contributed by atoms with E-state index in [0.29, 0.717) is 0 Å². The van der Waals surface area contributed by atoms with E-state index in [0.717, 1.165) is 19.4 Å². The van der Waals surface area contributed by atoms with Crippen LogP contribution in [0.3, 0.4) is 0 Å². The monoisotopic (exact) mass is 143 g/mol. The highest BCUT2D eigenvalue weighted by Crippen LogP contribution is 1.97. The van der Waals surface area contributed by atoms with Crippen LogP contribution in [0.1, 0.15) is 12.8 Å². The van der Waals surface area contributed by atoms with Crippen molar-refractivity contribution >= 4 is 0 Å². The van der Waals surface area contributed by atoms with Crippen LogP contribution >= 0.6 is 0 Å². The first-order valence-electron chi connectivity index (χ1n) is 3.60. The summed E-state index contributed by atoms with van der Waals surface area (Å²) in [6.07, 6.45) is 3.35. The topological polar surface area (TPSA) is 23.5 Å². The molecule has 10 heavy (non-hydrogen) atoms. The van der Waals surface area contributed by atoms with Crippen molar-refractivity contribution in [1.29, 1.82) is 0 Å². The van der Waals surface area contributed by atoms with Crippen LogP contribution in [0.2, 0.25) is 0 Å². The maximum atomic E-state index is 9.26. The molecule has 0 aromatic rings. The van der Waals surface area contributed by atoms with Crippen LogP contribution in [0.5, 0.6) is 0 Å². The van der Waals surface area contributed by atoms with Gasteiger partial charge >= 0.3 is 0 Å². The van der Waals surface area contributed by atoms with Crippen LogP contribution < -0.4 is 0 Å². The summed E-state index contributed by atoms with van der Waals surface area (Å²) in [4.78, 5) is 1.98. The Balaban J connectivity index is 3.24. The number of aliphatic hydroxyl groups is 1. The second-order valence-electron chi connectivity index (χ2n) is 2.78. The maximum absolute atomic E-state index is 9.26. The van der Waals surface area contributed by atoms with E-state index < -0.39 is 0 Å². The minimum Gasteiger partial charge on any atom is -0.392 e. The number of hydrogen-bond acceptors (Lipinski definition) is 2. The fraction of sp³-hybridized carbons (Fsp3) is 0.750. The van der Waals surface area contributed by atoms with Crippen LogP contribution in [0.15, 0.2) is 12.7 Å². The second kappa shape index (κ2) is 5.45. The molecule has 0 bridgehead atoms. The van der Waals surface area contributed by atoms with Gasteiger partial charge in [-0.05, 0) is 26.9 Å². The molecule has 1 unspecified atom stereocenters. The predicted octanol–water partition coefficient (Wildman–Crippen LogP) is 0.875. The van der Waals surface area contributed by atoms with Crippen LogP contribution in [0.4, 0.5) is 0 Å². The van der Waals surface area contributed by atoms with E-state index in [-0.39, 0.29) is 6.10 Å². The molecule has 0 aromatic heterocycles. The van der Waals surface area contributed by atoms with Gasteiger partial charge in [0.2, 0.25) is 0 Å². The van der Waals surface area contributed by atoms with E-state index >= 15 is 0 Å². The van der Waals surface area contributed by atoms with Gasteiger partial charge in [-0.3, -0.25) is 0 Å². The quantitative estimate of drug-likeness (QED) is 0.577. The van der Waals surface area contributed by atoms with Gasteiger partial charge in [0.25, 0.3) is 0 Å². The molecule has 2 heteroatoms. The van der Waals surface area contributed by atoms with Crippen molar-refractivity contribution < 1.29 is 5.11 Å². The third kappa shape index (κ3) is 5.79. The molecule has 0 spiro atoms. The predicted molar refractivity (Wildman–Crippen MR) is 44.0 cm³/mol.